The van der Waals surface area contributed by atoms with Crippen molar-refractivity contribution in [3.05, 3.63) is 0 Å². The van der Waals surface area contributed by atoms with Crippen molar-refractivity contribution in [1.82, 2.24) is 10.2 Å². The Morgan fingerprint density at radius 2 is 1.88 bits per heavy atom. The average Bonchev–Trinajstić information content (AvgIpc) is 2.60. The highest BCUT2D eigenvalue weighted by molar-refractivity contribution is 5.84. The molecular weight excluding hydrogens is 200 g/mol. The molecule has 0 saturated carbocycles. The van der Waals surface area contributed by atoms with Crippen molar-refractivity contribution in [2.75, 3.05) is 0 Å². The maximum atomic E-state index is 12.3. The second-order valence-corrected chi connectivity index (χ2v) is 4.65. The molecule has 1 heterocycles. The Kier molecular flexibility index (Phi) is 5.26. The Hall–Kier alpha value is -0.570. The van der Waals surface area contributed by atoms with Crippen molar-refractivity contribution in [1.29, 1.82) is 0 Å². The normalized spacial score (nSPS) is 25.8. The van der Waals surface area contributed by atoms with E-state index in [-0.39, 0.29) is 12.2 Å². The number of carbonyl (C=O) groups excluding carboxylic acids is 1. The van der Waals surface area contributed by atoms with Crippen LogP contribution in [-0.2, 0) is 4.79 Å². The number of amides is 1. The SMILES string of the molecule is CCCC1NC(CC)N(C(CC)CC)C1=O. The van der Waals surface area contributed by atoms with Gasteiger partial charge in [0, 0.05) is 6.04 Å². The highest BCUT2D eigenvalue weighted by Gasteiger charge is 2.39. The van der Waals surface area contributed by atoms with Crippen LogP contribution in [0.25, 0.3) is 0 Å². The van der Waals surface area contributed by atoms with E-state index >= 15 is 0 Å². The average molecular weight is 226 g/mol. The fraction of sp³-hybridized carbons (Fsp3) is 0.923. The summed E-state index contributed by atoms with van der Waals surface area (Å²) < 4.78 is 0. The number of nitrogens with zero attached hydrogens (tertiary/aromatic N) is 1. The van der Waals surface area contributed by atoms with Gasteiger partial charge in [-0.2, -0.15) is 0 Å². The topological polar surface area (TPSA) is 32.3 Å². The maximum Gasteiger partial charge on any atom is 0.241 e. The molecule has 1 aliphatic rings. The number of carbonyl (C=O) groups is 1. The predicted molar refractivity (Wildman–Crippen MR) is 67.1 cm³/mol. The molecule has 1 saturated heterocycles. The minimum absolute atomic E-state index is 0.0653. The summed E-state index contributed by atoms with van der Waals surface area (Å²) in [6, 6.07) is 0.474. The molecule has 2 unspecified atom stereocenters. The van der Waals surface area contributed by atoms with Gasteiger partial charge in [0.2, 0.25) is 5.91 Å². The lowest BCUT2D eigenvalue weighted by Crippen LogP contribution is -2.43. The molecule has 1 amide bonds. The molecule has 1 N–H and O–H groups in total. The second-order valence-electron chi connectivity index (χ2n) is 4.65. The molecule has 1 rings (SSSR count). The third-order valence-electron chi connectivity index (χ3n) is 3.58. The van der Waals surface area contributed by atoms with Gasteiger partial charge < -0.3 is 4.90 Å². The molecule has 1 aliphatic heterocycles. The molecule has 3 heteroatoms. The Morgan fingerprint density at radius 3 is 2.31 bits per heavy atom. The number of nitrogens with one attached hydrogen (secondary N) is 1. The van der Waals surface area contributed by atoms with Crippen LogP contribution in [0.2, 0.25) is 0 Å². The second kappa shape index (κ2) is 6.24. The summed E-state index contributed by atoms with van der Waals surface area (Å²) >= 11 is 0. The molecule has 94 valence electrons. The van der Waals surface area contributed by atoms with Gasteiger partial charge in [0.15, 0.2) is 0 Å². The summed E-state index contributed by atoms with van der Waals surface area (Å²) in [5.74, 6) is 0.322. The predicted octanol–water partition coefficient (Wildman–Crippen LogP) is 2.51. The van der Waals surface area contributed by atoms with E-state index in [4.69, 9.17) is 0 Å². The lowest BCUT2D eigenvalue weighted by molar-refractivity contribution is -0.132. The minimum atomic E-state index is 0.0653. The lowest BCUT2D eigenvalue weighted by Gasteiger charge is -2.31. The Morgan fingerprint density at radius 1 is 1.25 bits per heavy atom. The van der Waals surface area contributed by atoms with Gasteiger partial charge in [-0.3, -0.25) is 10.1 Å². The zero-order chi connectivity index (χ0) is 12.1. The third kappa shape index (κ3) is 2.57. The van der Waals surface area contributed by atoms with Gasteiger partial charge in [-0.05, 0) is 25.7 Å². The Bertz CT molecular complexity index is 226. The van der Waals surface area contributed by atoms with Crippen LogP contribution in [-0.4, -0.2) is 29.1 Å². The van der Waals surface area contributed by atoms with Gasteiger partial charge >= 0.3 is 0 Å². The standard InChI is InChI=1S/C13H26N2O/c1-5-9-11-13(16)15(10(6-2)7-3)12(8-4)14-11/h10-12,14H,5-9H2,1-4H3. The van der Waals surface area contributed by atoms with Gasteiger partial charge in [-0.1, -0.05) is 34.1 Å². The molecule has 0 radical (unpaired) electrons. The van der Waals surface area contributed by atoms with E-state index in [2.05, 4.69) is 37.9 Å². The first-order valence-corrected chi connectivity index (χ1v) is 6.77. The molecular formula is C13H26N2O. The molecule has 0 bridgehead atoms. The van der Waals surface area contributed by atoms with Crippen molar-refractivity contribution >= 4 is 5.91 Å². The molecule has 0 aliphatic carbocycles. The van der Waals surface area contributed by atoms with E-state index in [0.29, 0.717) is 11.9 Å². The van der Waals surface area contributed by atoms with Gasteiger partial charge in [0.05, 0.1) is 12.2 Å². The van der Waals surface area contributed by atoms with Crippen LogP contribution in [0.15, 0.2) is 0 Å². The Balaban J connectivity index is 2.76. The highest BCUT2D eigenvalue weighted by Crippen LogP contribution is 2.22. The van der Waals surface area contributed by atoms with Crippen LogP contribution >= 0.6 is 0 Å². The third-order valence-corrected chi connectivity index (χ3v) is 3.58. The van der Waals surface area contributed by atoms with Gasteiger partial charge in [0.1, 0.15) is 0 Å². The van der Waals surface area contributed by atoms with Crippen molar-refractivity contribution < 1.29 is 4.79 Å². The van der Waals surface area contributed by atoms with E-state index in [1.807, 2.05) is 0 Å². The zero-order valence-corrected chi connectivity index (χ0v) is 11.1. The number of rotatable bonds is 6. The van der Waals surface area contributed by atoms with Crippen molar-refractivity contribution in [3.63, 3.8) is 0 Å². The molecule has 16 heavy (non-hydrogen) atoms. The van der Waals surface area contributed by atoms with Crippen LogP contribution < -0.4 is 5.32 Å². The lowest BCUT2D eigenvalue weighted by atomic mass is 10.1. The van der Waals surface area contributed by atoms with Gasteiger partial charge in [0.25, 0.3) is 0 Å². The van der Waals surface area contributed by atoms with Crippen molar-refractivity contribution in [2.45, 2.75) is 78.0 Å². The van der Waals surface area contributed by atoms with Crippen LogP contribution in [0.4, 0.5) is 0 Å². The first-order valence-electron chi connectivity index (χ1n) is 6.77. The maximum absolute atomic E-state index is 12.3. The van der Waals surface area contributed by atoms with Gasteiger partial charge in [-0.15, -0.1) is 0 Å². The largest absolute Gasteiger partial charge is 0.323 e. The molecule has 3 nitrogen and oxygen atoms in total. The quantitative estimate of drug-likeness (QED) is 0.754. The molecule has 0 aromatic carbocycles. The summed E-state index contributed by atoms with van der Waals surface area (Å²) in [4.78, 5) is 14.4. The van der Waals surface area contributed by atoms with E-state index in [9.17, 15) is 4.79 Å². The van der Waals surface area contributed by atoms with Crippen molar-refractivity contribution in [3.8, 4) is 0 Å². The monoisotopic (exact) mass is 226 g/mol. The zero-order valence-electron chi connectivity index (χ0n) is 11.1. The summed E-state index contributed by atoms with van der Waals surface area (Å²) in [6.07, 6.45) is 5.40. The van der Waals surface area contributed by atoms with E-state index in [1.54, 1.807) is 0 Å². The molecule has 0 spiro atoms. The summed E-state index contributed by atoms with van der Waals surface area (Å²) in [5.41, 5.74) is 0. The summed E-state index contributed by atoms with van der Waals surface area (Å²) in [5, 5.41) is 3.47. The first-order chi connectivity index (χ1) is 7.69. The summed E-state index contributed by atoms with van der Waals surface area (Å²) in [6.45, 7) is 8.62. The fourth-order valence-electron chi connectivity index (χ4n) is 2.64. The number of hydrogen-bond acceptors (Lipinski definition) is 2. The Labute approximate surface area is 99.6 Å². The molecule has 1 fully saturated rings. The van der Waals surface area contributed by atoms with E-state index in [1.165, 1.54) is 0 Å². The van der Waals surface area contributed by atoms with Crippen LogP contribution in [0.1, 0.15) is 59.8 Å². The van der Waals surface area contributed by atoms with E-state index in [0.717, 1.165) is 32.1 Å². The highest BCUT2D eigenvalue weighted by atomic mass is 16.2. The fourth-order valence-corrected chi connectivity index (χ4v) is 2.64. The van der Waals surface area contributed by atoms with Crippen LogP contribution in [0, 0.1) is 0 Å². The summed E-state index contributed by atoms with van der Waals surface area (Å²) in [7, 11) is 0. The van der Waals surface area contributed by atoms with E-state index < -0.39 is 0 Å². The van der Waals surface area contributed by atoms with Crippen LogP contribution in [0.5, 0.6) is 0 Å². The molecule has 0 aromatic rings. The van der Waals surface area contributed by atoms with Gasteiger partial charge in [-0.25, -0.2) is 0 Å². The van der Waals surface area contributed by atoms with Crippen LogP contribution in [0.3, 0.4) is 0 Å². The smallest absolute Gasteiger partial charge is 0.241 e. The minimum Gasteiger partial charge on any atom is -0.323 e. The van der Waals surface area contributed by atoms with Crippen molar-refractivity contribution in [2.24, 2.45) is 0 Å². The number of hydrogen-bond donors (Lipinski definition) is 1. The first kappa shape index (κ1) is 13.5. The molecule has 0 aromatic heterocycles. The molecule has 2 atom stereocenters.